The van der Waals surface area contributed by atoms with Crippen LogP contribution in [0.3, 0.4) is 0 Å². The van der Waals surface area contributed by atoms with Gasteiger partial charge in [0.1, 0.15) is 0 Å². The molecule has 2 unspecified atom stereocenters. The van der Waals surface area contributed by atoms with Gasteiger partial charge in [-0.15, -0.1) is 0 Å². The third-order valence-electron chi connectivity index (χ3n) is 3.07. The smallest absolute Gasteiger partial charge is 0.0741 e. The van der Waals surface area contributed by atoms with Crippen molar-refractivity contribution < 1.29 is 4.74 Å². The molecule has 0 fully saturated rings. The van der Waals surface area contributed by atoms with E-state index in [1.807, 2.05) is 19.9 Å². The van der Waals surface area contributed by atoms with Crippen molar-refractivity contribution >= 4 is 11.6 Å². The van der Waals surface area contributed by atoms with Crippen LogP contribution in [0.5, 0.6) is 0 Å². The molecule has 2 atom stereocenters. The predicted molar refractivity (Wildman–Crippen MR) is 78.3 cm³/mol. The van der Waals surface area contributed by atoms with Gasteiger partial charge in [0.2, 0.25) is 0 Å². The zero-order chi connectivity index (χ0) is 13.5. The number of halogens is 1. The van der Waals surface area contributed by atoms with E-state index >= 15 is 0 Å². The summed E-state index contributed by atoms with van der Waals surface area (Å²) in [6.45, 7) is 10.0. The van der Waals surface area contributed by atoms with Gasteiger partial charge in [-0.25, -0.2) is 0 Å². The molecule has 0 aliphatic carbocycles. The van der Waals surface area contributed by atoms with E-state index in [1.54, 1.807) is 0 Å². The van der Waals surface area contributed by atoms with Gasteiger partial charge in [-0.2, -0.15) is 0 Å². The van der Waals surface area contributed by atoms with Crippen molar-refractivity contribution in [2.75, 3.05) is 13.2 Å². The van der Waals surface area contributed by atoms with Gasteiger partial charge in [0.05, 0.1) is 12.1 Å². The van der Waals surface area contributed by atoms with E-state index in [9.17, 15) is 0 Å². The van der Waals surface area contributed by atoms with Gasteiger partial charge in [-0.3, -0.25) is 0 Å². The topological polar surface area (TPSA) is 21.3 Å². The first kappa shape index (κ1) is 15.5. The highest BCUT2D eigenvalue weighted by molar-refractivity contribution is 6.31. The Balaban J connectivity index is 2.89. The Morgan fingerprint density at radius 1 is 1.33 bits per heavy atom. The van der Waals surface area contributed by atoms with Crippen molar-refractivity contribution in [3.63, 3.8) is 0 Å². The van der Waals surface area contributed by atoms with Gasteiger partial charge in [0.25, 0.3) is 0 Å². The van der Waals surface area contributed by atoms with Crippen LogP contribution in [0, 0.1) is 6.92 Å². The van der Waals surface area contributed by atoms with Crippen LogP contribution in [0.15, 0.2) is 18.2 Å². The molecule has 0 amide bonds. The van der Waals surface area contributed by atoms with E-state index in [1.165, 1.54) is 5.56 Å². The van der Waals surface area contributed by atoms with E-state index in [2.05, 4.69) is 31.3 Å². The maximum Gasteiger partial charge on any atom is 0.0741 e. The summed E-state index contributed by atoms with van der Waals surface area (Å²) in [5, 5.41) is 4.35. The molecule has 2 nitrogen and oxygen atoms in total. The summed E-state index contributed by atoms with van der Waals surface area (Å²) in [5.41, 5.74) is 2.30. The highest BCUT2D eigenvalue weighted by Gasteiger charge is 2.19. The summed E-state index contributed by atoms with van der Waals surface area (Å²) in [7, 11) is 0. The van der Waals surface area contributed by atoms with Crippen molar-refractivity contribution in [3.8, 4) is 0 Å². The lowest BCUT2D eigenvalue weighted by molar-refractivity contribution is 0.0472. The van der Waals surface area contributed by atoms with Crippen LogP contribution in [0.4, 0.5) is 0 Å². The number of nitrogens with one attached hydrogen (secondary N) is 1. The van der Waals surface area contributed by atoms with Crippen LogP contribution in [-0.4, -0.2) is 19.3 Å². The molecule has 0 spiro atoms. The van der Waals surface area contributed by atoms with Crippen molar-refractivity contribution in [1.29, 1.82) is 0 Å². The average molecular weight is 270 g/mol. The molecular weight excluding hydrogens is 246 g/mol. The van der Waals surface area contributed by atoms with Crippen molar-refractivity contribution in [3.05, 3.63) is 34.3 Å². The van der Waals surface area contributed by atoms with Crippen LogP contribution in [-0.2, 0) is 4.74 Å². The van der Waals surface area contributed by atoms with Gasteiger partial charge >= 0.3 is 0 Å². The van der Waals surface area contributed by atoms with Crippen molar-refractivity contribution in [2.24, 2.45) is 0 Å². The summed E-state index contributed by atoms with van der Waals surface area (Å²) in [5.74, 6) is 0. The second kappa shape index (κ2) is 7.78. The minimum absolute atomic E-state index is 0.139. The Hall–Kier alpha value is -0.570. The summed E-state index contributed by atoms with van der Waals surface area (Å²) >= 11 is 6.21. The van der Waals surface area contributed by atoms with Crippen molar-refractivity contribution in [1.82, 2.24) is 5.32 Å². The number of hydrogen-bond acceptors (Lipinski definition) is 2. The zero-order valence-electron chi connectivity index (χ0n) is 11.8. The van der Waals surface area contributed by atoms with Gasteiger partial charge in [0, 0.05) is 11.6 Å². The van der Waals surface area contributed by atoms with E-state index in [-0.39, 0.29) is 12.1 Å². The lowest BCUT2D eigenvalue weighted by atomic mass is 10.0. The summed E-state index contributed by atoms with van der Waals surface area (Å²) in [6.07, 6.45) is 1.25. The maximum absolute atomic E-state index is 6.21. The summed E-state index contributed by atoms with van der Waals surface area (Å²) in [4.78, 5) is 0. The van der Waals surface area contributed by atoms with Crippen LogP contribution < -0.4 is 5.32 Å². The van der Waals surface area contributed by atoms with Crippen LogP contribution in [0.2, 0.25) is 5.02 Å². The average Bonchev–Trinajstić information content (AvgIpc) is 2.34. The minimum Gasteiger partial charge on any atom is -0.377 e. The standard InChI is InChI=1S/C15H24ClNO/c1-5-9-17-15(12(4)18-6-2)13-8-7-11(3)14(16)10-13/h7-8,10,12,15,17H,5-6,9H2,1-4H3. The van der Waals surface area contributed by atoms with Crippen LogP contribution in [0.1, 0.15) is 44.4 Å². The Morgan fingerprint density at radius 2 is 2.06 bits per heavy atom. The quantitative estimate of drug-likeness (QED) is 0.804. The van der Waals surface area contributed by atoms with Crippen LogP contribution in [0.25, 0.3) is 0 Å². The first-order valence-electron chi connectivity index (χ1n) is 6.71. The molecule has 0 bridgehead atoms. The molecule has 0 aliphatic rings. The fourth-order valence-corrected chi connectivity index (χ4v) is 2.21. The third kappa shape index (κ3) is 4.27. The second-order valence-electron chi connectivity index (χ2n) is 4.60. The monoisotopic (exact) mass is 269 g/mol. The summed E-state index contributed by atoms with van der Waals surface area (Å²) in [6, 6.07) is 6.43. The molecule has 0 radical (unpaired) electrons. The molecule has 1 aromatic carbocycles. The fraction of sp³-hybridized carbons (Fsp3) is 0.600. The molecule has 18 heavy (non-hydrogen) atoms. The number of aryl methyl sites for hydroxylation is 1. The zero-order valence-corrected chi connectivity index (χ0v) is 12.6. The predicted octanol–water partition coefficient (Wildman–Crippen LogP) is 4.11. The van der Waals surface area contributed by atoms with E-state index in [4.69, 9.17) is 16.3 Å². The maximum atomic E-state index is 6.21. The molecule has 0 saturated heterocycles. The molecule has 3 heteroatoms. The summed E-state index contributed by atoms with van der Waals surface area (Å²) < 4.78 is 5.72. The molecule has 102 valence electrons. The number of hydrogen-bond donors (Lipinski definition) is 1. The molecule has 0 aliphatic heterocycles. The molecule has 1 aromatic rings. The molecular formula is C15H24ClNO. The van der Waals surface area contributed by atoms with Gasteiger partial charge in [-0.05, 0) is 50.9 Å². The molecule has 1 N–H and O–H groups in total. The number of benzene rings is 1. The van der Waals surface area contributed by atoms with Gasteiger partial charge in [0.15, 0.2) is 0 Å². The molecule has 0 heterocycles. The minimum atomic E-state index is 0.139. The first-order valence-corrected chi connectivity index (χ1v) is 7.09. The van der Waals surface area contributed by atoms with Crippen molar-refractivity contribution in [2.45, 2.75) is 46.3 Å². The molecule has 1 rings (SSSR count). The Kier molecular flexibility index (Phi) is 6.69. The van der Waals surface area contributed by atoms with Gasteiger partial charge < -0.3 is 10.1 Å². The molecule has 0 saturated carbocycles. The largest absolute Gasteiger partial charge is 0.377 e. The Labute approximate surface area is 116 Å². The van der Waals surface area contributed by atoms with Crippen LogP contribution >= 0.6 is 11.6 Å². The normalized spacial score (nSPS) is 14.5. The van der Waals surface area contributed by atoms with E-state index in [0.717, 1.165) is 30.2 Å². The first-order chi connectivity index (χ1) is 8.60. The lowest BCUT2D eigenvalue weighted by Gasteiger charge is -2.26. The highest BCUT2D eigenvalue weighted by atomic mass is 35.5. The van der Waals surface area contributed by atoms with E-state index in [0.29, 0.717) is 0 Å². The highest BCUT2D eigenvalue weighted by Crippen LogP contribution is 2.24. The SMILES string of the molecule is CCCNC(c1ccc(C)c(Cl)c1)C(C)OCC. The number of rotatable bonds is 7. The Bertz CT molecular complexity index is 368. The molecule has 0 aromatic heterocycles. The Morgan fingerprint density at radius 3 is 2.61 bits per heavy atom. The van der Waals surface area contributed by atoms with E-state index < -0.39 is 0 Å². The number of ether oxygens (including phenoxy) is 1. The lowest BCUT2D eigenvalue weighted by Crippen LogP contribution is -2.32. The second-order valence-corrected chi connectivity index (χ2v) is 5.01. The third-order valence-corrected chi connectivity index (χ3v) is 3.48. The fourth-order valence-electron chi connectivity index (χ4n) is 2.02. The van der Waals surface area contributed by atoms with Gasteiger partial charge in [-0.1, -0.05) is 30.7 Å².